The van der Waals surface area contributed by atoms with Gasteiger partial charge in [-0.05, 0) is 42.5 Å². The number of carbonyl (C=O) groups is 1. The van der Waals surface area contributed by atoms with Gasteiger partial charge >= 0.3 is 0 Å². The van der Waals surface area contributed by atoms with Gasteiger partial charge in [0.1, 0.15) is 12.1 Å². The first kappa shape index (κ1) is 18.8. The zero-order valence-corrected chi connectivity index (χ0v) is 17.0. The molecule has 1 saturated heterocycles. The molecular weight excluding hydrogens is 396 g/mol. The molecule has 4 rings (SSSR count). The van der Waals surface area contributed by atoms with Crippen LogP contribution in [-0.4, -0.2) is 49.7 Å². The molecule has 3 aromatic rings. The molecule has 7 nitrogen and oxygen atoms in total. The van der Waals surface area contributed by atoms with Crippen LogP contribution in [0.3, 0.4) is 0 Å². The predicted octanol–water partition coefficient (Wildman–Crippen LogP) is 2.49. The van der Waals surface area contributed by atoms with E-state index in [4.69, 9.17) is 0 Å². The fourth-order valence-electron chi connectivity index (χ4n) is 3.40. The number of nitrogens with zero attached hydrogens (tertiary/aromatic N) is 3. The summed E-state index contributed by atoms with van der Waals surface area (Å²) < 4.78 is 23.8. The number of thiophene rings is 1. The number of nitrogens with one attached hydrogen (secondary N) is 1. The zero-order valence-electron chi connectivity index (χ0n) is 15.3. The Kier molecular flexibility index (Phi) is 5.03. The lowest BCUT2D eigenvalue weighted by Gasteiger charge is -2.33. The standard InChI is InChI=1S/C19H20N4O3S2/c1-28(25,26)15-2-3-17-16(10-15)18(21-12-20-17)23-7-4-14(5-8-23)22-19(24)13-6-9-27-11-13/h2-3,6,9-12,14H,4-5,7-8H2,1H3,(H,22,24). The molecule has 0 atom stereocenters. The summed E-state index contributed by atoms with van der Waals surface area (Å²) in [4.78, 5) is 23.3. The SMILES string of the molecule is CS(=O)(=O)c1ccc2ncnc(N3CCC(NC(=O)c4ccsc4)CC3)c2c1. The fourth-order valence-corrected chi connectivity index (χ4v) is 4.69. The van der Waals surface area contributed by atoms with Crippen molar-refractivity contribution in [1.29, 1.82) is 0 Å². The topological polar surface area (TPSA) is 92.3 Å². The Morgan fingerprint density at radius 2 is 2.00 bits per heavy atom. The van der Waals surface area contributed by atoms with Gasteiger partial charge in [0.2, 0.25) is 0 Å². The number of rotatable bonds is 4. The number of anilines is 1. The number of benzene rings is 1. The Morgan fingerprint density at radius 3 is 2.68 bits per heavy atom. The predicted molar refractivity (Wildman–Crippen MR) is 110 cm³/mol. The average Bonchev–Trinajstić information content (AvgIpc) is 3.22. The first-order valence-corrected chi connectivity index (χ1v) is 11.8. The monoisotopic (exact) mass is 416 g/mol. The largest absolute Gasteiger partial charge is 0.356 e. The minimum Gasteiger partial charge on any atom is -0.356 e. The molecule has 0 bridgehead atoms. The lowest BCUT2D eigenvalue weighted by molar-refractivity contribution is 0.0931. The number of amides is 1. The minimum absolute atomic E-state index is 0.0371. The summed E-state index contributed by atoms with van der Waals surface area (Å²) in [6.45, 7) is 1.45. The van der Waals surface area contributed by atoms with Crippen molar-refractivity contribution < 1.29 is 13.2 Å². The fraction of sp³-hybridized carbons (Fsp3) is 0.316. The van der Waals surface area contributed by atoms with Gasteiger partial charge in [-0.2, -0.15) is 11.3 Å². The average molecular weight is 417 g/mol. The van der Waals surface area contributed by atoms with E-state index in [0.717, 1.165) is 37.1 Å². The molecule has 1 aliphatic rings. The van der Waals surface area contributed by atoms with Crippen LogP contribution in [0.15, 0.2) is 46.2 Å². The Hall–Kier alpha value is -2.52. The molecule has 0 saturated carbocycles. The minimum atomic E-state index is -3.31. The second-order valence-electron chi connectivity index (χ2n) is 6.90. The molecule has 1 fully saturated rings. The summed E-state index contributed by atoms with van der Waals surface area (Å²) >= 11 is 1.51. The first-order valence-electron chi connectivity index (χ1n) is 8.94. The molecule has 3 heterocycles. The maximum Gasteiger partial charge on any atom is 0.252 e. The van der Waals surface area contributed by atoms with E-state index < -0.39 is 9.84 Å². The molecule has 0 unspecified atom stereocenters. The van der Waals surface area contributed by atoms with E-state index >= 15 is 0 Å². The highest BCUT2D eigenvalue weighted by molar-refractivity contribution is 7.90. The van der Waals surface area contributed by atoms with Gasteiger partial charge in [0, 0.05) is 41.7 Å². The Morgan fingerprint density at radius 1 is 1.21 bits per heavy atom. The van der Waals surface area contributed by atoms with Crippen molar-refractivity contribution in [3.05, 3.63) is 46.9 Å². The molecule has 146 valence electrons. The van der Waals surface area contributed by atoms with Crippen LogP contribution in [0.1, 0.15) is 23.2 Å². The summed E-state index contributed by atoms with van der Waals surface area (Å²) in [5, 5.41) is 7.55. The van der Waals surface area contributed by atoms with Crippen molar-refractivity contribution in [2.75, 3.05) is 24.2 Å². The molecule has 0 spiro atoms. The van der Waals surface area contributed by atoms with Crippen molar-refractivity contribution in [3.8, 4) is 0 Å². The normalized spacial score (nSPS) is 15.7. The van der Waals surface area contributed by atoms with Crippen molar-refractivity contribution in [2.24, 2.45) is 0 Å². The third-order valence-corrected chi connectivity index (χ3v) is 6.72. The van der Waals surface area contributed by atoms with E-state index in [-0.39, 0.29) is 16.8 Å². The van der Waals surface area contributed by atoms with Crippen molar-refractivity contribution in [2.45, 2.75) is 23.8 Å². The van der Waals surface area contributed by atoms with Crippen molar-refractivity contribution in [1.82, 2.24) is 15.3 Å². The smallest absolute Gasteiger partial charge is 0.252 e. The van der Waals surface area contributed by atoms with E-state index in [1.54, 1.807) is 18.2 Å². The number of hydrogen-bond acceptors (Lipinski definition) is 7. The number of hydrogen-bond donors (Lipinski definition) is 1. The number of fused-ring (bicyclic) bond motifs is 1. The summed E-state index contributed by atoms with van der Waals surface area (Å²) in [6, 6.07) is 6.86. The quantitative estimate of drug-likeness (QED) is 0.703. The van der Waals surface area contributed by atoms with Gasteiger partial charge in [-0.1, -0.05) is 0 Å². The molecule has 2 aromatic heterocycles. The second kappa shape index (κ2) is 7.48. The number of piperidine rings is 1. The van der Waals surface area contributed by atoms with E-state index in [1.165, 1.54) is 23.9 Å². The van der Waals surface area contributed by atoms with Crippen LogP contribution in [-0.2, 0) is 9.84 Å². The zero-order chi connectivity index (χ0) is 19.7. The van der Waals surface area contributed by atoms with Gasteiger partial charge in [-0.3, -0.25) is 4.79 Å². The van der Waals surface area contributed by atoms with Gasteiger partial charge in [-0.15, -0.1) is 0 Å². The Balaban J connectivity index is 1.51. The molecule has 1 amide bonds. The van der Waals surface area contributed by atoms with Crippen molar-refractivity contribution in [3.63, 3.8) is 0 Å². The highest BCUT2D eigenvalue weighted by atomic mass is 32.2. The van der Waals surface area contributed by atoms with Gasteiger partial charge in [0.15, 0.2) is 9.84 Å². The summed E-state index contributed by atoms with van der Waals surface area (Å²) in [6.07, 6.45) is 4.29. The molecule has 28 heavy (non-hydrogen) atoms. The lowest BCUT2D eigenvalue weighted by atomic mass is 10.0. The molecular formula is C19H20N4O3S2. The second-order valence-corrected chi connectivity index (χ2v) is 9.69. The number of carbonyl (C=O) groups excluding carboxylic acids is 1. The van der Waals surface area contributed by atoms with Gasteiger partial charge in [0.05, 0.1) is 10.4 Å². The van der Waals surface area contributed by atoms with Crippen molar-refractivity contribution >= 4 is 43.8 Å². The molecule has 0 aliphatic carbocycles. The van der Waals surface area contributed by atoms with Gasteiger partial charge < -0.3 is 10.2 Å². The number of aromatic nitrogens is 2. The van der Waals surface area contributed by atoms with Crippen LogP contribution in [0.2, 0.25) is 0 Å². The van der Waals surface area contributed by atoms with Crippen LogP contribution < -0.4 is 10.2 Å². The van der Waals surface area contributed by atoms with E-state index in [2.05, 4.69) is 20.2 Å². The Labute approximate surface area is 167 Å². The third kappa shape index (κ3) is 3.85. The van der Waals surface area contributed by atoms with E-state index in [9.17, 15) is 13.2 Å². The van der Waals surface area contributed by atoms with Crippen LogP contribution in [0.5, 0.6) is 0 Å². The van der Waals surface area contributed by atoms with E-state index in [0.29, 0.717) is 11.1 Å². The molecule has 1 N–H and O–H groups in total. The maximum atomic E-state index is 12.2. The van der Waals surface area contributed by atoms with Crippen LogP contribution in [0.4, 0.5) is 5.82 Å². The third-order valence-electron chi connectivity index (χ3n) is 4.93. The maximum absolute atomic E-state index is 12.2. The Bertz CT molecular complexity index is 1110. The van der Waals surface area contributed by atoms with Gasteiger partial charge in [0.25, 0.3) is 5.91 Å². The lowest BCUT2D eigenvalue weighted by Crippen LogP contribution is -2.45. The molecule has 0 radical (unpaired) electrons. The van der Waals surface area contributed by atoms with Crippen LogP contribution in [0, 0.1) is 0 Å². The highest BCUT2D eigenvalue weighted by Crippen LogP contribution is 2.28. The summed E-state index contributed by atoms with van der Waals surface area (Å²) in [5.74, 6) is 0.697. The first-order chi connectivity index (χ1) is 13.4. The highest BCUT2D eigenvalue weighted by Gasteiger charge is 2.24. The molecule has 9 heteroatoms. The summed E-state index contributed by atoms with van der Waals surface area (Å²) in [5.41, 5.74) is 1.41. The number of sulfone groups is 1. The van der Waals surface area contributed by atoms with Crippen LogP contribution in [0.25, 0.3) is 10.9 Å². The van der Waals surface area contributed by atoms with E-state index in [1.807, 2.05) is 16.8 Å². The molecule has 1 aromatic carbocycles. The van der Waals surface area contributed by atoms with Gasteiger partial charge in [-0.25, -0.2) is 18.4 Å². The van der Waals surface area contributed by atoms with Crippen LogP contribution >= 0.6 is 11.3 Å². The molecule has 1 aliphatic heterocycles. The summed E-state index contributed by atoms with van der Waals surface area (Å²) in [7, 11) is -3.31.